The first kappa shape index (κ1) is 15.2. The van der Waals surface area contributed by atoms with Crippen LogP contribution >= 0.6 is 0 Å². The lowest BCUT2D eigenvalue weighted by atomic mass is 10.1. The number of esters is 1. The quantitative estimate of drug-likeness (QED) is 0.792. The van der Waals surface area contributed by atoms with Gasteiger partial charge in [-0.05, 0) is 24.6 Å². The second-order valence-corrected chi connectivity index (χ2v) is 4.28. The molecule has 0 fully saturated rings. The molecule has 104 valence electrons. The van der Waals surface area contributed by atoms with E-state index in [9.17, 15) is 9.59 Å². The Morgan fingerprint density at radius 3 is 2.37 bits per heavy atom. The first-order valence-electron chi connectivity index (χ1n) is 6.02. The van der Waals surface area contributed by atoms with Gasteiger partial charge in [0, 0.05) is 18.7 Å². The summed E-state index contributed by atoms with van der Waals surface area (Å²) in [6, 6.07) is 6.87. The largest absolute Gasteiger partial charge is 0.469 e. The number of rotatable bonds is 6. The van der Waals surface area contributed by atoms with E-state index in [0.717, 1.165) is 5.56 Å². The molecular formula is C14H19NO4. The molecule has 1 amide bonds. The van der Waals surface area contributed by atoms with Crippen molar-refractivity contribution in [2.45, 2.75) is 26.0 Å². The van der Waals surface area contributed by atoms with E-state index in [1.54, 1.807) is 26.2 Å². The summed E-state index contributed by atoms with van der Waals surface area (Å²) in [4.78, 5) is 23.0. The molecule has 0 heterocycles. The smallest absolute Gasteiger partial charge is 0.307 e. The van der Waals surface area contributed by atoms with Crippen molar-refractivity contribution in [3.8, 4) is 0 Å². The van der Waals surface area contributed by atoms with Gasteiger partial charge in [0.2, 0.25) is 0 Å². The molecule has 1 N–H and O–H groups in total. The van der Waals surface area contributed by atoms with Gasteiger partial charge in [0.1, 0.15) is 0 Å². The van der Waals surface area contributed by atoms with Crippen molar-refractivity contribution in [3.63, 3.8) is 0 Å². The van der Waals surface area contributed by atoms with Gasteiger partial charge in [-0.2, -0.15) is 0 Å². The third-order valence-corrected chi connectivity index (χ3v) is 2.61. The molecule has 0 aliphatic rings. The number of hydrogen-bond donors (Lipinski definition) is 1. The average molecular weight is 265 g/mol. The topological polar surface area (TPSA) is 64.6 Å². The summed E-state index contributed by atoms with van der Waals surface area (Å²) in [5.41, 5.74) is 1.55. The maximum Gasteiger partial charge on any atom is 0.307 e. The maximum atomic E-state index is 11.9. The van der Waals surface area contributed by atoms with Crippen molar-refractivity contribution in [2.75, 3.05) is 14.2 Å². The second-order valence-electron chi connectivity index (χ2n) is 4.28. The Morgan fingerprint density at radius 2 is 1.84 bits per heavy atom. The average Bonchev–Trinajstić information content (AvgIpc) is 2.39. The highest BCUT2D eigenvalue weighted by Crippen LogP contribution is 2.06. The molecule has 1 aromatic carbocycles. The van der Waals surface area contributed by atoms with E-state index in [-0.39, 0.29) is 24.3 Å². The van der Waals surface area contributed by atoms with Gasteiger partial charge in [0.25, 0.3) is 5.91 Å². The van der Waals surface area contributed by atoms with Gasteiger partial charge in [-0.25, -0.2) is 0 Å². The normalized spacial score (nSPS) is 11.7. The van der Waals surface area contributed by atoms with Crippen molar-refractivity contribution < 1.29 is 19.1 Å². The summed E-state index contributed by atoms with van der Waals surface area (Å²) in [5, 5.41) is 2.74. The molecule has 1 rings (SSSR count). The molecule has 0 spiro atoms. The summed E-state index contributed by atoms with van der Waals surface area (Å²) < 4.78 is 9.54. The first-order valence-corrected chi connectivity index (χ1v) is 6.02. The lowest BCUT2D eigenvalue weighted by molar-refractivity contribution is -0.141. The summed E-state index contributed by atoms with van der Waals surface area (Å²) in [5.74, 6) is -0.552. The van der Waals surface area contributed by atoms with Gasteiger partial charge in [-0.3, -0.25) is 9.59 Å². The Bertz CT molecular complexity index is 428. The molecule has 0 radical (unpaired) electrons. The fraction of sp³-hybridized carbons (Fsp3) is 0.429. The van der Waals surface area contributed by atoms with Crippen molar-refractivity contribution >= 4 is 11.9 Å². The van der Waals surface area contributed by atoms with E-state index in [1.165, 1.54) is 7.11 Å². The number of ether oxygens (including phenoxy) is 2. The monoisotopic (exact) mass is 265 g/mol. The van der Waals surface area contributed by atoms with Crippen LogP contribution in [0.1, 0.15) is 29.3 Å². The highest BCUT2D eigenvalue weighted by atomic mass is 16.5. The number of hydrogen-bond acceptors (Lipinski definition) is 4. The van der Waals surface area contributed by atoms with E-state index in [4.69, 9.17) is 4.74 Å². The minimum Gasteiger partial charge on any atom is -0.469 e. The van der Waals surface area contributed by atoms with E-state index < -0.39 is 0 Å². The number of benzene rings is 1. The van der Waals surface area contributed by atoms with Gasteiger partial charge in [0.15, 0.2) is 0 Å². The van der Waals surface area contributed by atoms with Crippen LogP contribution in [-0.4, -0.2) is 32.1 Å². The molecular weight excluding hydrogens is 246 g/mol. The van der Waals surface area contributed by atoms with Crippen LogP contribution in [0, 0.1) is 0 Å². The van der Waals surface area contributed by atoms with Gasteiger partial charge >= 0.3 is 5.97 Å². The number of methoxy groups -OCH3 is 2. The van der Waals surface area contributed by atoms with Crippen LogP contribution in [0.4, 0.5) is 0 Å². The van der Waals surface area contributed by atoms with Gasteiger partial charge in [0.05, 0.1) is 20.1 Å². The van der Waals surface area contributed by atoms with Crippen LogP contribution < -0.4 is 5.32 Å². The van der Waals surface area contributed by atoms with Gasteiger partial charge in [-0.1, -0.05) is 12.1 Å². The molecule has 1 aromatic rings. The van der Waals surface area contributed by atoms with Crippen LogP contribution in [0.15, 0.2) is 24.3 Å². The molecule has 1 atom stereocenters. The van der Waals surface area contributed by atoms with Crippen LogP contribution in [0.3, 0.4) is 0 Å². The van der Waals surface area contributed by atoms with Crippen LogP contribution in [0.25, 0.3) is 0 Å². The number of carbonyl (C=O) groups is 2. The molecule has 5 heteroatoms. The fourth-order valence-corrected chi connectivity index (χ4v) is 1.61. The molecule has 0 saturated heterocycles. The van der Waals surface area contributed by atoms with Gasteiger partial charge in [-0.15, -0.1) is 0 Å². The van der Waals surface area contributed by atoms with Crippen LogP contribution in [0.2, 0.25) is 0 Å². The van der Waals surface area contributed by atoms with E-state index in [2.05, 4.69) is 10.1 Å². The zero-order valence-corrected chi connectivity index (χ0v) is 11.4. The van der Waals surface area contributed by atoms with Crippen LogP contribution in [0.5, 0.6) is 0 Å². The molecule has 5 nitrogen and oxygen atoms in total. The Labute approximate surface area is 112 Å². The Hall–Kier alpha value is -1.88. The standard InChI is InChI=1S/C14H19NO4/c1-10(8-13(16)19-3)15-14(17)12-6-4-11(5-7-12)9-18-2/h4-7,10H,8-9H2,1-3H3,(H,15,17). The fourth-order valence-electron chi connectivity index (χ4n) is 1.61. The van der Waals surface area contributed by atoms with E-state index in [1.807, 2.05) is 12.1 Å². The number of amides is 1. The third-order valence-electron chi connectivity index (χ3n) is 2.61. The predicted octanol–water partition coefficient (Wildman–Crippen LogP) is 1.51. The minimum absolute atomic E-state index is 0.157. The summed E-state index contributed by atoms with van der Waals surface area (Å²) in [6.07, 6.45) is 0.157. The Kier molecular flexibility index (Phi) is 6.02. The second kappa shape index (κ2) is 7.53. The van der Waals surface area contributed by atoms with Crippen molar-refractivity contribution in [1.29, 1.82) is 0 Å². The minimum atomic E-state index is -0.344. The van der Waals surface area contributed by atoms with E-state index in [0.29, 0.717) is 12.2 Å². The summed E-state index contributed by atoms with van der Waals surface area (Å²) in [7, 11) is 2.94. The summed E-state index contributed by atoms with van der Waals surface area (Å²) in [6.45, 7) is 2.27. The van der Waals surface area contributed by atoms with Crippen molar-refractivity contribution in [2.24, 2.45) is 0 Å². The Morgan fingerprint density at radius 1 is 1.21 bits per heavy atom. The molecule has 0 saturated carbocycles. The molecule has 1 unspecified atom stereocenters. The lowest BCUT2D eigenvalue weighted by Crippen LogP contribution is -2.34. The van der Waals surface area contributed by atoms with Crippen molar-refractivity contribution in [3.05, 3.63) is 35.4 Å². The summed E-state index contributed by atoms with van der Waals surface area (Å²) >= 11 is 0. The van der Waals surface area contributed by atoms with E-state index >= 15 is 0 Å². The highest BCUT2D eigenvalue weighted by Gasteiger charge is 2.13. The van der Waals surface area contributed by atoms with Crippen molar-refractivity contribution in [1.82, 2.24) is 5.32 Å². The highest BCUT2D eigenvalue weighted by molar-refractivity contribution is 5.94. The zero-order valence-electron chi connectivity index (χ0n) is 11.4. The molecule has 0 aromatic heterocycles. The SMILES string of the molecule is COCc1ccc(C(=O)NC(C)CC(=O)OC)cc1. The maximum absolute atomic E-state index is 11.9. The lowest BCUT2D eigenvalue weighted by Gasteiger charge is -2.12. The van der Waals surface area contributed by atoms with Crippen LogP contribution in [-0.2, 0) is 20.9 Å². The number of carbonyl (C=O) groups excluding carboxylic acids is 2. The third kappa shape index (κ3) is 5.09. The zero-order chi connectivity index (χ0) is 14.3. The molecule has 0 bridgehead atoms. The van der Waals surface area contributed by atoms with Gasteiger partial charge < -0.3 is 14.8 Å². The predicted molar refractivity (Wildman–Crippen MR) is 70.7 cm³/mol. The Balaban J connectivity index is 2.55. The molecule has 0 aliphatic heterocycles. The number of nitrogens with one attached hydrogen (secondary N) is 1. The first-order chi connectivity index (χ1) is 9.06. The molecule has 0 aliphatic carbocycles. The molecule has 19 heavy (non-hydrogen) atoms.